The van der Waals surface area contributed by atoms with Gasteiger partial charge in [0.25, 0.3) is 0 Å². The van der Waals surface area contributed by atoms with E-state index in [0.717, 1.165) is 0 Å². The molecule has 0 amide bonds. The van der Waals surface area contributed by atoms with Crippen molar-refractivity contribution in [1.82, 2.24) is 4.98 Å². The zero-order chi connectivity index (χ0) is 14.1. The van der Waals surface area contributed by atoms with Gasteiger partial charge in [0.15, 0.2) is 0 Å². The van der Waals surface area contributed by atoms with Crippen LogP contribution < -0.4 is 16.2 Å². The van der Waals surface area contributed by atoms with Gasteiger partial charge in [0.05, 0.1) is 11.3 Å². The molecule has 4 nitrogen and oxygen atoms in total. The average Bonchev–Trinajstić information content (AvgIpc) is 2.17. The molecule has 0 unspecified atom stereocenters. The topological polar surface area (TPSA) is 74.2 Å². The van der Waals surface area contributed by atoms with Crippen molar-refractivity contribution in [3.8, 4) is 5.88 Å². The number of hydrogen-bond donors (Lipinski definition) is 2. The molecule has 18 heavy (non-hydrogen) atoms. The number of alkyl halides is 6. The van der Waals surface area contributed by atoms with Gasteiger partial charge in [-0.15, -0.1) is 13.2 Å². The lowest BCUT2D eigenvalue weighted by molar-refractivity contribution is -0.276. The Balaban J connectivity index is 3.34. The Hall–Kier alpha value is -1.71. The summed E-state index contributed by atoms with van der Waals surface area (Å²) in [6.45, 7) is -0.489. The highest BCUT2D eigenvalue weighted by Crippen LogP contribution is 2.39. The molecule has 0 radical (unpaired) electrons. The van der Waals surface area contributed by atoms with Gasteiger partial charge >= 0.3 is 12.5 Å². The smallest absolute Gasteiger partial charge is 0.394 e. The van der Waals surface area contributed by atoms with E-state index >= 15 is 0 Å². The van der Waals surface area contributed by atoms with Crippen molar-refractivity contribution in [2.45, 2.75) is 19.1 Å². The van der Waals surface area contributed by atoms with Gasteiger partial charge in [-0.3, -0.25) is 0 Å². The number of halogens is 6. The number of nitrogen functional groups attached to an aromatic ring is 1. The molecule has 0 saturated heterocycles. The van der Waals surface area contributed by atoms with E-state index < -0.39 is 41.9 Å². The summed E-state index contributed by atoms with van der Waals surface area (Å²) in [5.74, 6) is -1.36. The van der Waals surface area contributed by atoms with Gasteiger partial charge in [-0.2, -0.15) is 13.2 Å². The van der Waals surface area contributed by atoms with Crippen LogP contribution in [0.2, 0.25) is 0 Å². The summed E-state index contributed by atoms with van der Waals surface area (Å²) < 4.78 is 76.7. The maximum Gasteiger partial charge on any atom is 0.574 e. The first kappa shape index (κ1) is 14.4. The van der Waals surface area contributed by atoms with Crippen molar-refractivity contribution < 1.29 is 31.1 Å². The predicted molar refractivity (Wildman–Crippen MR) is 48.2 cm³/mol. The lowest BCUT2D eigenvalue weighted by Gasteiger charge is -2.16. The number of nitrogens with two attached hydrogens (primary N) is 2. The van der Waals surface area contributed by atoms with Crippen molar-refractivity contribution in [3.05, 3.63) is 17.3 Å². The molecule has 0 aliphatic heterocycles. The Morgan fingerprint density at radius 2 is 1.72 bits per heavy atom. The van der Waals surface area contributed by atoms with Gasteiger partial charge < -0.3 is 16.2 Å². The lowest BCUT2D eigenvalue weighted by Crippen LogP contribution is -2.21. The average molecular weight is 275 g/mol. The van der Waals surface area contributed by atoms with E-state index in [9.17, 15) is 26.3 Å². The molecule has 1 rings (SSSR count). The van der Waals surface area contributed by atoms with E-state index in [0.29, 0.717) is 6.07 Å². The first-order valence-electron chi connectivity index (χ1n) is 4.37. The van der Waals surface area contributed by atoms with Crippen LogP contribution in [-0.2, 0) is 12.7 Å². The van der Waals surface area contributed by atoms with Crippen LogP contribution in [0.3, 0.4) is 0 Å². The Morgan fingerprint density at radius 1 is 1.17 bits per heavy atom. The first-order valence-corrected chi connectivity index (χ1v) is 4.37. The van der Waals surface area contributed by atoms with Crippen molar-refractivity contribution in [2.24, 2.45) is 5.73 Å². The van der Waals surface area contributed by atoms with E-state index in [2.05, 4.69) is 9.72 Å². The number of nitrogens with zero attached hydrogens (tertiary/aromatic N) is 1. The molecule has 1 aromatic rings. The van der Waals surface area contributed by atoms with E-state index in [-0.39, 0.29) is 0 Å². The Kier molecular flexibility index (Phi) is 3.60. The number of anilines is 1. The van der Waals surface area contributed by atoms with Gasteiger partial charge in [0, 0.05) is 6.54 Å². The Bertz CT molecular complexity index is 442. The van der Waals surface area contributed by atoms with Gasteiger partial charge in [-0.05, 0) is 6.07 Å². The van der Waals surface area contributed by atoms with Gasteiger partial charge in [0.2, 0.25) is 5.88 Å². The minimum Gasteiger partial charge on any atom is -0.394 e. The van der Waals surface area contributed by atoms with E-state index in [1.54, 1.807) is 0 Å². The lowest BCUT2D eigenvalue weighted by atomic mass is 10.2. The number of pyridine rings is 1. The van der Waals surface area contributed by atoms with Crippen LogP contribution in [0.25, 0.3) is 0 Å². The van der Waals surface area contributed by atoms with Crippen molar-refractivity contribution in [2.75, 3.05) is 5.73 Å². The normalized spacial score (nSPS) is 12.6. The van der Waals surface area contributed by atoms with Crippen LogP contribution >= 0.6 is 0 Å². The molecular weight excluding hydrogens is 268 g/mol. The molecule has 0 saturated carbocycles. The van der Waals surface area contributed by atoms with Gasteiger partial charge in [0.1, 0.15) is 5.69 Å². The molecule has 0 atom stereocenters. The molecule has 0 aliphatic rings. The maximum atomic E-state index is 12.5. The zero-order valence-corrected chi connectivity index (χ0v) is 8.56. The Morgan fingerprint density at radius 3 is 2.11 bits per heavy atom. The molecule has 1 heterocycles. The minimum absolute atomic E-state index is 0.421. The number of rotatable bonds is 2. The second-order valence-electron chi connectivity index (χ2n) is 3.13. The first-order chi connectivity index (χ1) is 8.04. The summed E-state index contributed by atoms with van der Waals surface area (Å²) in [6.07, 6.45) is -10.1. The number of aromatic nitrogens is 1. The van der Waals surface area contributed by atoms with E-state index in [4.69, 9.17) is 11.5 Å². The third-order valence-electron chi connectivity index (χ3n) is 1.80. The fraction of sp³-hybridized carbons (Fsp3) is 0.375. The highest BCUT2D eigenvalue weighted by Gasteiger charge is 2.38. The van der Waals surface area contributed by atoms with Crippen LogP contribution in [0, 0.1) is 0 Å². The standard InChI is InChI=1S/C8H7F6N3O/c9-7(10,11)4-1-3(2-15)17-6(5(4)16)18-8(12,13)14/h1H,2,15-16H2. The largest absolute Gasteiger partial charge is 0.574 e. The number of ether oxygens (including phenoxy) is 1. The molecule has 102 valence electrons. The third kappa shape index (κ3) is 3.39. The third-order valence-corrected chi connectivity index (χ3v) is 1.80. The van der Waals surface area contributed by atoms with Crippen molar-refractivity contribution in [3.63, 3.8) is 0 Å². The predicted octanol–water partition coefficient (Wildman–Crippen LogP) is 2.04. The second-order valence-corrected chi connectivity index (χ2v) is 3.13. The van der Waals surface area contributed by atoms with Crippen LogP contribution in [0.4, 0.5) is 32.0 Å². The summed E-state index contributed by atoms with van der Waals surface area (Å²) in [4.78, 5) is 3.16. The fourth-order valence-corrected chi connectivity index (χ4v) is 1.11. The van der Waals surface area contributed by atoms with Crippen LogP contribution in [0.5, 0.6) is 5.88 Å². The number of hydrogen-bond acceptors (Lipinski definition) is 4. The van der Waals surface area contributed by atoms with Crippen LogP contribution in [0.1, 0.15) is 11.3 Å². The SMILES string of the molecule is NCc1cc(C(F)(F)F)c(N)c(OC(F)(F)F)n1. The molecular formula is C8H7F6N3O. The fourth-order valence-electron chi connectivity index (χ4n) is 1.11. The zero-order valence-electron chi connectivity index (χ0n) is 8.56. The molecule has 4 N–H and O–H groups in total. The summed E-state index contributed by atoms with van der Waals surface area (Å²) in [6, 6.07) is 0.471. The molecule has 10 heteroatoms. The van der Waals surface area contributed by atoms with Gasteiger partial charge in [-0.1, -0.05) is 0 Å². The highest BCUT2D eigenvalue weighted by atomic mass is 19.4. The summed E-state index contributed by atoms with van der Waals surface area (Å²) >= 11 is 0. The van der Waals surface area contributed by atoms with Crippen molar-refractivity contribution >= 4 is 5.69 Å². The quantitative estimate of drug-likeness (QED) is 0.810. The van der Waals surface area contributed by atoms with E-state index in [1.807, 2.05) is 0 Å². The molecule has 1 aromatic heterocycles. The molecule has 0 aromatic carbocycles. The molecule has 0 fully saturated rings. The van der Waals surface area contributed by atoms with Crippen molar-refractivity contribution in [1.29, 1.82) is 0 Å². The summed E-state index contributed by atoms with van der Waals surface area (Å²) in [5, 5.41) is 0. The second kappa shape index (κ2) is 4.52. The molecule has 0 bridgehead atoms. The summed E-state index contributed by atoms with van der Waals surface area (Å²) in [5.41, 5.74) is 6.85. The monoisotopic (exact) mass is 275 g/mol. The van der Waals surface area contributed by atoms with Gasteiger partial charge in [-0.25, -0.2) is 4.98 Å². The highest BCUT2D eigenvalue weighted by molar-refractivity contribution is 5.57. The van der Waals surface area contributed by atoms with Crippen LogP contribution in [0.15, 0.2) is 6.07 Å². The molecule has 0 aliphatic carbocycles. The minimum atomic E-state index is -5.20. The molecule has 0 spiro atoms. The maximum absolute atomic E-state index is 12.5. The van der Waals surface area contributed by atoms with E-state index in [1.165, 1.54) is 0 Å². The summed E-state index contributed by atoms with van der Waals surface area (Å²) in [7, 11) is 0. The Labute approximate surface area is 96.5 Å². The van der Waals surface area contributed by atoms with Crippen LogP contribution in [-0.4, -0.2) is 11.3 Å².